The molecule has 0 unspecified atom stereocenters. The van der Waals surface area contributed by atoms with Crippen LogP contribution in [-0.4, -0.2) is 28.6 Å². The zero-order chi connectivity index (χ0) is 16.8. The smallest absolute Gasteiger partial charge is 0.251 e. The summed E-state index contributed by atoms with van der Waals surface area (Å²) in [6.07, 6.45) is 0.574. The van der Waals surface area contributed by atoms with Crippen molar-refractivity contribution < 1.29 is 9.59 Å². The van der Waals surface area contributed by atoms with Crippen LogP contribution in [0.4, 0.5) is 10.8 Å². The van der Waals surface area contributed by atoms with Crippen LogP contribution < -0.4 is 16.4 Å². The van der Waals surface area contributed by atoms with E-state index in [0.717, 1.165) is 5.01 Å². The number of rotatable bonds is 6. The fraction of sp³-hybridized carbons (Fsp3) is 0.333. The molecule has 0 aliphatic rings. The zero-order valence-electron chi connectivity index (χ0n) is 13.0. The van der Waals surface area contributed by atoms with Gasteiger partial charge < -0.3 is 16.4 Å². The van der Waals surface area contributed by atoms with Crippen molar-refractivity contribution in [3.8, 4) is 0 Å². The third-order valence-corrected chi connectivity index (χ3v) is 3.84. The van der Waals surface area contributed by atoms with Gasteiger partial charge in [0.2, 0.25) is 11.0 Å². The van der Waals surface area contributed by atoms with E-state index < -0.39 is 0 Å². The molecule has 1 aromatic heterocycles. The highest BCUT2D eigenvalue weighted by atomic mass is 32.1. The first-order valence-electron chi connectivity index (χ1n) is 7.22. The van der Waals surface area contributed by atoms with Gasteiger partial charge in [-0.05, 0) is 18.2 Å². The SMILES string of the molecule is CC(C)C(=O)Nc1cccc(C(=O)NCCc2nnc(N)s2)c1. The van der Waals surface area contributed by atoms with Crippen LogP contribution in [0.2, 0.25) is 0 Å². The largest absolute Gasteiger partial charge is 0.374 e. The fourth-order valence-corrected chi connectivity index (χ4v) is 2.39. The number of nitrogens with two attached hydrogens (primary N) is 1. The molecule has 122 valence electrons. The average molecular weight is 333 g/mol. The van der Waals surface area contributed by atoms with Crippen molar-refractivity contribution in [1.29, 1.82) is 0 Å². The second kappa shape index (κ2) is 7.68. The van der Waals surface area contributed by atoms with Gasteiger partial charge in [-0.25, -0.2) is 0 Å². The Morgan fingerprint density at radius 2 is 2.09 bits per heavy atom. The summed E-state index contributed by atoms with van der Waals surface area (Å²) in [4.78, 5) is 23.8. The summed E-state index contributed by atoms with van der Waals surface area (Å²) < 4.78 is 0. The molecule has 0 radical (unpaired) electrons. The molecule has 4 N–H and O–H groups in total. The number of hydrogen-bond donors (Lipinski definition) is 3. The topological polar surface area (TPSA) is 110 Å². The molecule has 0 bridgehead atoms. The summed E-state index contributed by atoms with van der Waals surface area (Å²) in [7, 11) is 0. The quantitative estimate of drug-likeness (QED) is 0.745. The molecule has 0 aliphatic heterocycles. The Labute approximate surface area is 138 Å². The van der Waals surface area contributed by atoms with Gasteiger partial charge in [0.1, 0.15) is 5.01 Å². The number of aromatic nitrogens is 2. The van der Waals surface area contributed by atoms with Gasteiger partial charge in [-0.15, -0.1) is 10.2 Å². The van der Waals surface area contributed by atoms with E-state index in [1.807, 2.05) is 13.8 Å². The summed E-state index contributed by atoms with van der Waals surface area (Å²) in [6, 6.07) is 6.83. The second-order valence-electron chi connectivity index (χ2n) is 5.26. The lowest BCUT2D eigenvalue weighted by Gasteiger charge is -2.09. The molecule has 2 aromatic rings. The molecular weight excluding hydrogens is 314 g/mol. The Balaban J connectivity index is 1.90. The van der Waals surface area contributed by atoms with Crippen LogP contribution in [0.5, 0.6) is 0 Å². The van der Waals surface area contributed by atoms with Crippen LogP contribution in [0.1, 0.15) is 29.2 Å². The van der Waals surface area contributed by atoms with Crippen molar-refractivity contribution in [2.24, 2.45) is 5.92 Å². The number of amides is 2. The van der Waals surface area contributed by atoms with E-state index in [4.69, 9.17) is 5.73 Å². The predicted molar refractivity (Wildman–Crippen MR) is 90.3 cm³/mol. The van der Waals surface area contributed by atoms with Gasteiger partial charge in [-0.2, -0.15) is 0 Å². The third kappa shape index (κ3) is 5.03. The number of hydrogen-bond acceptors (Lipinski definition) is 6. The van der Waals surface area contributed by atoms with Gasteiger partial charge in [0.05, 0.1) is 0 Å². The van der Waals surface area contributed by atoms with Gasteiger partial charge in [-0.1, -0.05) is 31.3 Å². The highest BCUT2D eigenvalue weighted by molar-refractivity contribution is 7.15. The normalized spacial score (nSPS) is 10.6. The summed E-state index contributed by atoms with van der Waals surface area (Å²) in [5, 5.41) is 14.4. The maximum absolute atomic E-state index is 12.1. The maximum Gasteiger partial charge on any atom is 0.251 e. The summed E-state index contributed by atoms with van der Waals surface area (Å²) in [5.74, 6) is -0.411. The number of carbonyl (C=O) groups excluding carboxylic acids is 2. The first kappa shape index (κ1) is 16.9. The molecule has 0 aliphatic carbocycles. The molecule has 0 saturated heterocycles. The molecule has 7 nitrogen and oxygen atoms in total. The molecule has 1 aromatic carbocycles. The number of nitrogens with one attached hydrogen (secondary N) is 2. The van der Waals surface area contributed by atoms with Crippen LogP contribution in [-0.2, 0) is 11.2 Å². The van der Waals surface area contributed by atoms with Crippen molar-refractivity contribution in [3.63, 3.8) is 0 Å². The minimum Gasteiger partial charge on any atom is -0.374 e. The standard InChI is InChI=1S/C15H19N5O2S/c1-9(2)13(21)18-11-5-3-4-10(8-11)14(22)17-7-6-12-19-20-15(16)23-12/h3-5,8-9H,6-7H2,1-2H3,(H2,16,20)(H,17,22)(H,18,21). The molecule has 1 heterocycles. The number of nitrogens with zero attached hydrogens (tertiary/aromatic N) is 2. The van der Waals surface area contributed by atoms with Crippen molar-refractivity contribution >= 4 is 34.0 Å². The lowest BCUT2D eigenvalue weighted by atomic mass is 10.1. The Morgan fingerprint density at radius 3 is 2.74 bits per heavy atom. The first-order valence-corrected chi connectivity index (χ1v) is 8.04. The van der Waals surface area contributed by atoms with E-state index in [0.29, 0.717) is 29.3 Å². The predicted octanol–water partition coefficient (Wildman–Crippen LogP) is 1.69. The van der Waals surface area contributed by atoms with Crippen LogP contribution in [0.3, 0.4) is 0 Å². The lowest BCUT2D eigenvalue weighted by Crippen LogP contribution is -2.26. The minimum atomic E-state index is -0.205. The molecule has 0 atom stereocenters. The Bertz CT molecular complexity index is 699. The Kier molecular flexibility index (Phi) is 5.64. The average Bonchev–Trinajstić information content (AvgIpc) is 2.92. The van der Waals surface area contributed by atoms with Crippen molar-refractivity contribution in [1.82, 2.24) is 15.5 Å². The number of nitrogen functional groups attached to an aromatic ring is 1. The maximum atomic E-state index is 12.1. The third-order valence-electron chi connectivity index (χ3n) is 3.02. The number of anilines is 2. The van der Waals surface area contributed by atoms with Gasteiger partial charge in [0.15, 0.2) is 0 Å². The highest BCUT2D eigenvalue weighted by Gasteiger charge is 2.10. The Hall–Kier alpha value is -2.48. The highest BCUT2D eigenvalue weighted by Crippen LogP contribution is 2.13. The number of benzene rings is 1. The van der Waals surface area contributed by atoms with E-state index in [-0.39, 0.29) is 17.7 Å². The van der Waals surface area contributed by atoms with E-state index in [9.17, 15) is 9.59 Å². The summed E-state index contributed by atoms with van der Waals surface area (Å²) >= 11 is 1.30. The minimum absolute atomic E-state index is 0.0867. The molecule has 8 heteroatoms. The fourth-order valence-electron chi connectivity index (χ4n) is 1.78. The van der Waals surface area contributed by atoms with E-state index in [1.54, 1.807) is 24.3 Å². The van der Waals surface area contributed by atoms with Crippen LogP contribution in [0, 0.1) is 5.92 Å². The Morgan fingerprint density at radius 1 is 1.30 bits per heavy atom. The van der Waals surface area contributed by atoms with Crippen molar-refractivity contribution in [2.75, 3.05) is 17.6 Å². The first-order chi connectivity index (χ1) is 11.0. The molecule has 2 amide bonds. The molecule has 0 spiro atoms. The van der Waals surface area contributed by atoms with E-state index in [2.05, 4.69) is 20.8 Å². The summed E-state index contributed by atoms with van der Waals surface area (Å²) in [6.45, 7) is 4.06. The number of carbonyl (C=O) groups is 2. The molecule has 0 fully saturated rings. The molecule has 23 heavy (non-hydrogen) atoms. The monoisotopic (exact) mass is 333 g/mol. The molecule has 0 saturated carbocycles. The second-order valence-corrected chi connectivity index (χ2v) is 6.36. The van der Waals surface area contributed by atoms with Gasteiger partial charge in [-0.3, -0.25) is 9.59 Å². The van der Waals surface area contributed by atoms with Crippen molar-refractivity contribution in [3.05, 3.63) is 34.8 Å². The van der Waals surface area contributed by atoms with Gasteiger partial charge in [0, 0.05) is 30.1 Å². The van der Waals surface area contributed by atoms with Gasteiger partial charge in [0.25, 0.3) is 5.91 Å². The molecular formula is C15H19N5O2S. The molecule has 2 rings (SSSR count). The lowest BCUT2D eigenvalue weighted by molar-refractivity contribution is -0.118. The van der Waals surface area contributed by atoms with E-state index >= 15 is 0 Å². The van der Waals surface area contributed by atoms with Crippen LogP contribution in [0.15, 0.2) is 24.3 Å². The zero-order valence-corrected chi connectivity index (χ0v) is 13.8. The van der Waals surface area contributed by atoms with Crippen LogP contribution >= 0.6 is 11.3 Å². The summed E-state index contributed by atoms with van der Waals surface area (Å²) in [5.41, 5.74) is 6.60. The van der Waals surface area contributed by atoms with Crippen molar-refractivity contribution in [2.45, 2.75) is 20.3 Å². The van der Waals surface area contributed by atoms with E-state index in [1.165, 1.54) is 11.3 Å². The van der Waals surface area contributed by atoms with Gasteiger partial charge >= 0.3 is 0 Å². The van der Waals surface area contributed by atoms with Crippen LogP contribution in [0.25, 0.3) is 0 Å².